The highest BCUT2D eigenvalue weighted by atomic mass is 16.5. The van der Waals surface area contributed by atoms with Crippen LogP contribution in [0.25, 0.3) is 0 Å². The molecule has 0 amide bonds. The minimum Gasteiger partial charge on any atom is -0.374 e. The van der Waals surface area contributed by atoms with Crippen LogP contribution in [0.15, 0.2) is 0 Å². The van der Waals surface area contributed by atoms with Gasteiger partial charge in [-0.25, -0.2) is 0 Å². The standard InChI is InChI=1S/C16H30O3/c1-5-7-9-15(11-13(3)17)19-16(10-8-6-2)12-14(4)18/h15-16H,5-12H2,1-4H3. The molecule has 0 aliphatic heterocycles. The molecular formula is C16H30O3. The molecule has 0 heterocycles. The van der Waals surface area contributed by atoms with Crippen molar-refractivity contribution in [3.63, 3.8) is 0 Å². The Hall–Kier alpha value is -0.700. The first-order valence-electron chi connectivity index (χ1n) is 7.63. The molecule has 0 aliphatic rings. The summed E-state index contributed by atoms with van der Waals surface area (Å²) < 4.78 is 6.03. The van der Waals surface area contributed by atoms with Gasteiger partial charge in [-0.3, -0.25) is 9.59 Å². The second-order valence-electron chi connectivity index (χ2n) is 5.48. The van der Waals surface area contributed by atoms with Gasteiger partial charge in [0.2, 0.25) is 0 Å². The first kappa shape index (κ1) is 18.3. The molecule has 2 unspecified atom stereocenters. The van der Waals surface area contributed by atoms with E-state index >= 15 is 0 Å². The third-order valence-corrected chi connectivity index (χ3v) is 3.17. The molecule has 0 aromatic carbocycles. The summed E-state index contributed by atoms with van der Waals surface area (Å²) in [5.41, 5.74) is 0. The monoisotopic (exact) mass is 270 g/mol. The average molecular weight is 270 g/mol. The fourth-order valence-corrected chi connectivity index (χ4v) is 2.21. The summed E-state index contributed by atoms with van der Waals surface area (Å²) in [6.07, 6.45) is 7.08. The summed E-state index contributed by atoms with van der Waals surface area (Å²) in [4.78, 5) is 22.6. The SMILES string of the molecule is CCCCC(CC(C)=O)OC(CCCC)CC(C)=O. The largest absolute Gasteiger partial charge is 0.374 e. The van der Waals surface area contributed by atoms with Gasteiger partial charge in [0, 0.05) is 12.8 Å². The number of hydrogen-bond acceptors (Lipinski definition) is 3. The Kier molecular flexibility index (Phi) is 10.7. The van der Waals surface area contributed by atoms with Crippen molar-refractivity contribution in [2.75, 3.05) is 0 Å². The number of carbonyl (C=O) groups excluding carboxylic acids is 2. The molecule has 0 bridgehead atoms. The number of rotatable bonds is 12. The normalized spacial score (nSPS) is 14.1. The van der Waals surface area contributed by atoms with Crippen molar-refractivity contribution in [3.8, 4) is 0 Å². The highest BCUT2D eigenvalue weighted by Crippen LogP contribution is 2.17. The van der Waals surface area contributed by atoms with Gasteiger partial charge in [-0.05, 0) is 26.7 Å². The first-order chi connectivity index (χ1) is 8.99. The van der Waals surface area contributed by atoms with Crippen LogP contribution < -0.4 is 0 Å². The second kappa shape index (κ2) is 11.2. The maximum Gasteiger partial charge on any atom is 0.132 e. The molecule has 0 N–H and O–H groups in total. The minimum atomic E-state index is -0.0151. The molecule has 112 valence electrons. The molecule has 0 radical (unpaired) electrons. The molecule has 0 aromatic rings. The van der Waals surface area contributed by atoms with Gasteiger partial charge >= 0.3 is 0 Å². The van der Waals surface area contributed by atoms with Crippen molar-refractivity contribution in [1.82, 2.24) is 0 Å². The lowest BCUT2D eigenvalue weighted by molar-refractivity contribution is -0.124. The zero-order chi connectivity index (χ0) is 14.7. The topological polar surface area (TPSA) is 43.4 Å². The predicted octanol–water partition coefficient (Wildman–Crippen LogP) is 4.08. The van der Waals surface area contributed by atoms with Crippen molar-refractivity contribution in [2.24, 2.45) is 0 Å². The van der Waals surface area contributed by atoms with Crippen LogP contribution in [-0.4, -0.2) is 23.8 Å². The van der Waals surface area contributed by atoms with Crippen LogP contribution in [0.3, 0.4) is 0 Å². The molecule has 0 saturated carbocycles. The Balaban J connectivity index is 4.41. The average Bonchev–Trinajstić information content (AvgIpc) is 2.31. The predicted molar refractivity (Wildman–Crippen MR) is 78.3 cm³/mol. The number of hydrogen-bond donors (Lipinski definition) is 0. The quantitative estimate of drug-likeness (QED) is 0.536. The van der Waals surface area contributed by atoms with Crippen LogP contribution in [-0.2, 0) is 14.3 Å². The van der Waals surface area contributed by atoms with Gasteiger partial charge in [0.15, 0.2) is 0 Å². The van der Waals surface area contributed by atoms with Gasteiger partial charge in [0.05, 0.1) is 12.2 Å². The van der Waals surface area contributed by atoms with Gasteiger partial charge in [0.1, 0.15) is 11.6 Å². The smallest absolute Gasteiger partial charge is 0.132 e. The number of carbonyl (C=O) groups is 2. The molecule has 3 heteroatoms. The Labute approximate surface area is 118 Å². The summed E-state index contributed by atoms with van der Waals surface area (Å²) in [6.45, 7) is 7.48. The number of ketones is 2. The fraction of sp³-hybridized carbons (Fsp3) is 0.875. The molecule has 19 heavy (non-hydrogen) atoms. The van der Waals surface area contributed by atoms with Crippen molar-refractivity contribution < 1.29 is 14.3 Å². The van der Waals surface area contributed by atoms with E-state index in [2.05, 4.69) is 13.8 Å². The zero-order valence-corrected chi connectivity index (χ0v) is 13.0. The lowest BCUT2D eigenvalue weighted by atomic mass is 10.0. The van der Waals surface area contributed by atoms with E-state index in [0.717, 1.165) is 38.5 Å². The lowest BCUT2D eigenvalue weighted by Crippen LogP contribution is -2.26. The van der Waals surface area contributed by atoms with Crippen molar-refractivity contribution >= 4 is 11.6 Å². The van der Waals surface area contributed by atoms with Crippen LogP contribution in [0.1, 0.15) is 79.1 Å². The molecule has 3 nitrogen and oxygen atoms in total. The molecule has 0 aromatic heterocycles. The van der Waals surface area contributed by atoms with Crippen LogP contribution in [0.2, 0.25) is 0 Å². The van der Waals surface area contributed by atoms with E-state index < -0.39 is 0 Å². The van der Waals surface area contributed by atoms with Gasteiger partial charge in [-0.15, -0.1) is 0 Å². The summed E-state index contributed by atoms with van der Waals surface area (Å²) in [5, 5.41) is 0. The van der Waals surface area contributed by atoms with E-state index in [-0.39, 0.29) is 23.8 Å². The van der Waals surface area contributed by atoms with E-state index in [1.807, 2.05) is 0 Å². The molecule has 0 aliphatic carbocycles. The number of unbranched alkanes of at least 4 members (excludes halogenated alkanes) is 2. The third kappa shape index (κ3) is 10.9. The Bertz CT molecular complexity index is 235. The Morgan fingerprint density at radius 3 is 1.47 bits per heavy atom. The van der Waals surface area contributed by atoms with Gasteiger partial charge in [-0.1, -0.05) is 39.5 Å². The summed E-state index contributed by atoms with van der Waals surface area (Å²) in [6, 6.07) is 0. The molecule has 0 rings (SSSR count). The Morgan fingerprint density at radius 2 is 1.21 bits per heavy atom. The molecule has 0 saturated heterocycles. The van der Waals surface area contributed by atoms with Crippen LogP contribution in [0.4, 0.5) is 0 Å². The van der Waals surface area contributed by atoms with Crippen molar-refractivity contribution in [2.45, 2.75) is 91.3 Å². The Morgan fingerprint density at radius 1 is 0.842 bits per heavy atom. The van der Waals surface area contributed by atoms with Crippen molar-refractivity contribution in [3.05, 3.63) is 0 Å². The van der Waals surface area contributed by atoms with Crippen molar-refractivity contribution in [1.29, 1.82) is 0 Å². The van der Waals surface area contributed by atoms with Gasteiger partial charge in [-0.2, -0.15) is 0 Å². The van der Waals surface area contributed by atoms with Gasteiger partial charge < -0.3 is 4.74 Å². The summed E-state index contributed by atoms with van der Waals surface area (Å²) in [7, 11) is 0. The van der Waals surface area contributed by atoms with E-state index in [4.69, 9.17) is 4.74 Å². The minimum absolute atomic E-state index is 0.0151. The summed E-state index contributed by atoms with van der Waals surface area (Å²) >= 11 is 0. The maximum absolute atomic E-state index is 11.3. The number of ether oxygens (including phenoxy) is 1. The lowest BCUT2D eigenvalue weighted by Gasteiger charge is -2.24. The van der Waals surface area contributed by atoms with E-state index in [1.165, 1.54) is 0 Å². The zero-order valence-electron chi connectivity index (χ0n) is 13.0. The van der Waals surface area contributed by atoms with Crippen LogP contribution >= 0.6 is 0 Å². The third-order valence-electron chi connectivity index (χ3n) is 3.17. The van der Waals surface area contributed by atoms with Gasteiger partial charge in [0.25, 0.3) is 0 Å². The fourth-order valence-electron chi connectivity index (χ4n) is 2.21. The van der Waals surface area contributed by atoms with Crippen LogP contribution in [0.5, 0.6) is 0 Å². The second-order valence-corrected chi connectivity index (χ2v) is 5.48. The maximum atomic E-state index is 11.3. The van der Waals surface area contributed by atoms with E-state index in [9.17, 15) is 9.59 Å². The molecule has 2 atom stereocenters. The number of Topliss-reactive ketones (excluding diaryl/α,β-unsaturated/α-hetero) is 2. The van der Waals surface area contributed by atoms with Crippen LogP contribution in [0, 0.1) is 0 Å². The summed E-state index contributed by atoms with van der Waals surface area (Å²) in [5.74, 6) is 0.330. The first-order valence-corrected chi connectivity index (χ1v) is 7.63. The molecule has 0 spiro atoms. The van der Waals surface area contributed by atoms with E-state index in [1.54, 1.807) is 13.8 Å². The molecular weight excluding hydrogens is 240 g/mol. The highest BCUT2D eigenvalue weighted by Gasteiger charge is 2.19. The van der Waals surface area contributed by atoms with E-state index in [0.29, 0.717) is 12.8 Å². The highest BCUT2D eigenvalue weighted by molar-refractivity contribution is 5.76. The molecule has 0 fully saturated rings.